The Morgan fingerprint density at radius 2 is 2.25 bits per heavy atom. The van der Waals surface area contributed by atoms with Crippen LogP contribution in [0.5, 0.6) is 0 Å². The van der Waals surface area contributed by atoms with Crippen LogP contribution in [0.4, 0.5) is 0 Å². The molecule has 0 spiro atoms. The molecular weight excluding hydrogens is 220 g/mol. The monoisotopic (exact) mass is 242 g/mol. The molecule has 2 rings (SSSR count). The summed E-state index contributed by atoms with van der Waals surface area (Å²) in [6, 6.07) is 0.00364. The standard InChI is InChI=1S/C12H22N2OS/c1-4-10-13-9(2)11(15)14(10)8-12(16-3)6-5-7-12/h9-10,13H,4-8H2,1-3H3. The van der Waals surface area contributed by atoms with E-state index in [1.807, 2.05) is 18.7 Å². The normalized spacial score (nSPS) is 32.9. The predicted octanol–water partition coefficient (Wildman–Crippen LogP) is 1.83. The average Bonchev–Trinajstić information content (AvgIpc) is 2.50. The Kier molecular flexibility index (Phi) is 3.50. The summed E-state index contributed by atoms with van der Waals surface area (Å²) in [7, 11) is 0. The van der Waals surface area contributed by atoms with Gasteiger partial charge in [0.15, 0.2) is 0 Å². The maximum absolute atomic E-state index is 12.1. The van der Waals surface area contributed by atoms with Crippen molar-refractivity contribution in [2.75, 3.05) is 12.8 Å². The first-order chi connectivity index (χ1) is 7.62. The highest BCUT2D eigenvalue weighted by atomic mass is 32.2. The van der Waals surface area contributed by atoms with Crippen molar-refractivity contribution < 1.29 is 4.79 Å². The second-order valence-electron chi connectivity index (χ2n) is 5.02. The lowest BCUT2D eigenvalue weighted by molar-refractivity contribution is -0.130. The Balaban J connectivity index is 2.04. The fourth-order valence-corrected chi connectivity index (χ4v) is 3.65. The van der Waals surface area contributed by atoms with Crippen LogP contribution in [0.1, 0.15) is 39.5 Å². The van der Waals surface area contributed by atoms with E-state index in [1.54, 1.807) is 0 Å². The van der Waals surface area contributed by atoms with E-state index in [9.17, 15) is 4.79 Å². The topological polar surface area (TPSA) is 32.3 Å². The minimum atomic E-state index is 0.00364. The molecule has 0 aromatic carbocycles. The van der Waals surface area contributed by atoms with Crippen LogP contribution in [0.2, 0.25) is 0 Å². The molecule has 1 saturated carbocycles. The first-order valence-corrected chi connectivity index (χ1v) is 7.46. The lowest BCUT2D eigenvalue weighted by atomic mass is 9.83. The number of hydrogen-bond donors (Lipinski definition) is 1. The van der Waals surface area contributed by atoms with Gasteiger partial charge in [0.05, 0.1) is 12.2 Å². The van der Waals surface area contributed by atoms with Crippen LogP contribution in [0.3, 0.4) is 0 Å². The summed E-state index contributed by atoms with van der Waals surface area (Å²) in [6.07, 6.45) is 7.29. The Hall–Kier alpha value is -0.220. The van der Waals surface area contributed by atoms with E-state index in [1.165, 1.54) is 19.3 Å². The largest absolute Gasteiger partial charge is 0.324 e. The van der Waals surface area contributed by atoms with Crippen molar-refractivity contribution >= 4 is 17.7 Å². The summed E-state index contributed by atoms with van der Waals surface area (Å²) >= 11 is 1.94. The quantitative estimate of drug-likeness (QED) is 0.816. The van der Waals surface area contributed by atoms with E-state index in [-0.39, 0.29) is 18.1 Å². The van der Waals surface area contributed by atoms with Crippen LogP contribution in [0.15, 0.2) is 0 Å². The van der Waals surface area contributed by atoms with Crippen LogP contribution in [0, 0.1) is 0 Å². The van der Waals surface area contributed by atoms with Gasteiger partial charge in [-0.25, -0.2) is 0 Å². The van der Waals surface area contributed by atoms with Crippen molar-refractivity contribution in [1.82, 2.24) is 10.2 Å². The summed E-state index contributed by atoms with van der Waals surface area (Å²) in [5.41, 5.74) is 0. The SMILES string of the molecule is CCC1NC(C)C(=O)N1CC1(SC)CCC1. The number of nitrogens with zero attached hydrogens (tertiary/aromatic N) is 1. The molecule has 1 aliphatic carbocycles. The van der Waals surface area contributed by atoms with Gasteiger partial charge in [-0.3, -0.25) is 10.1 Å². The molecule has 4 heteroatoms. The summed E-state index contributed by atoms with van der Waals surface area (Å²) in [5, 5.41) is 3.37. The highest BCUT2D eigenvalue weighted by Gasteiger charge is 2.43. The number of amides is 1. The Bertz CT molecular complexity index is 273. The molecule has 2 atom stereocenters. The maximum atomic E-state index is 12.1. The maximum Gasteiger partial charge on any atom is 0.240 e. The molecule has 16 heavy (non-hydrogen) atoms. The van der Waals surface area contributed by atoms with Crippen molar-refractivity contribution in [1.29, 1.82) is 0 Å². The summed E-state index contributed by atoms with van der Waals surface area (Å²) in [4.78, 5) is 14.1. The van der Waals surface area contributed by atoms with E-state index in [2.05, 4.69) is 23.4 Å². The fraction of sp³-hybridized carbons (Fsp3) is 0.917. The van der Waals surface area contributed by atoms with Crippen molar-refractivity contribution in [2.24, 2.45) is 0 Å². The molecule has 2 unspecified atom stereocenters. The highest BCUT2D eigenvalue weighted by molar-refractivity contribution is 8.00. The van der Waals surface area contributed by atoms with E-state index in [0.29, 0.717) is 4.75 Å². The zero-order chi connectivity index (χ0) is 11.8. The smallest absolute Gasteiger partial charge is 0.240 e. The predicted molar refractivity (Wildman–Crippen MR) is 68.5 cm³/mol. The van der Waals surface area contributed by atoms with E-state index < -0.39 is 0 Å². The molecule has 2 fully saturated rings. The minimum absolute atomic E-state index is 0.00364. The molecular formula is C12H22N2OS. The second kappa shape index (κ2) is 4.57. The van der Waals surface area contributed by atoms with Gasteiger partial charge < -0.3 is 4.90 Å². The van der Waals surface area contributed by atoms with Crippen molar-refractivity contribution in [3.05, 3.63) is 0 Å². The number of nitrogens with one attached hydrogen (secondary N) is 1. The van der Waals surface area contributed by atoms with Gasteiger partial charge in [-0.05, 0) is 32.4 Å². The molecule has 1 heterocycles. The van der Waals surface area contributed by atoms with Gasteiger partial charge in [-0.1, -0.05) is 13.3 Å². The molecule has 0 aromatic rings. The third-order valence-corrected chi connectivity index (χ3v) is 5.42. The summed E-state index contributed by atoms with van der Waals surface area (Å²) < 4.78 is 0.356. The Morgan fingerprint density at radius 1 is 1.56 bits per heavy atom. The van der Waals surface area contributed by atoms with Gasteiger partial charge in [-0.2, -0.15) is 11.8 Å². The molecule has 3 nitrogen and oxygen atoms in total. The number of carbonyl (C=O) groups is 1. The molecule has 1 N–H and O–H groups in total. The highest BCUT2D eigenvalue weighted by Crippen LogP contribution is 2.44. The van der Waals surface area contributed by atoms with E-state index in [0.717, 1.165) is 13.0 Å². The van der Waals surface area contributed by atoms with Crippen LogP contribution >= 0.6 is 11.8 Å². The number of rotatable bonds is 4. The Labute approximate surface area is 102 Å². The molecule has 0 bridgehead atoms. The van der Waals surface area contributed by atoms with Gasteiger partial charge in [-0.15, -0.1) is 0 Å². The minimum Gasteiger partial charge on any atom is -0.324 e. The zero-order valence-electron chi connectivity index (χ0n) is 10.5. The van der Waals surface area contributed by atoms with E-state index >= 15 is 0 Å². The Morgan fingerprint density at radius 3 is 2.69 bits per heavy atom. The molecule has 0 radical (unpaired) electrons. The summed E-state index contributed by atoms with van der Waals surface area (Å²) in [6.45, 7) is 5.04. The third kappa shape index (κ3) is 1.97. The zero-order valence-corrected chi connectivity index (χ0v) is 11.3. The van der Waals surface area contributed by atoms with E-state index in [4.69, 9.17) is 0 Å². The van der Waals surface area contributed by atoms with Crippen LogP contribution < -0.4 is 5.32 Å². The third-order valence-electron chi connectivity index (χ3n) is 4.02. The molecule has 1 aliphatic heterocycles. The van der Waals surface area contributed by atoms with Crippen LogP contribution in [0.25, 0.3) is 0 Å². The average molecular weight is 242 g/mol. The van der Waals surface area contributed by atoms with Crippen LogP contribution in [-0.2, 0) is 4.79 Å². The van der Waals surface area contributed by atoms with Gasteiger partial charge in [0.1, 0.15) is 0 Å². The molecule has 2 aliphatic rings. The molecule has 1 amide bonds. The number of thioether (sulfide) groups is 1. The van der Waals surface area contributed by atoms with Gasteiger partial charge in [0.2, 0.25) is 5.91 Å². The fourth-order valence-electron chi connectivity index (χ4n) is 2.69. The number of carbonyl (C=O) groups excluding carboxylic acids is 1. The molecule has 1 saturated heterocycles. The van der Waals surface area contributed by atoms with Crippen molar-refractivity contribution in [2.45, 2.75) is 56.5 Å². The first-order valence-electron chi connectivity index (χ1n) is 6.23. The lowest BCUT2D eigenvalue weighted by Gasteiger charge is -2.44. The van der Waals surface area contributed by atoms with Crippen molar-refractivity contribution in [3.8, 4) is 0 Å². The second-order valence-corrected chi connectivity index (χ2v) is 6.29. The first kappa shape index (κ1) is 12.2. The van der Waals surface area contributed by atoms with Gasteiger partial charge in [0, 0.05) is 11.3 Å². The molecule has 0 aromatic heterocycles. The summed E-state index contributed by atoms with van der Waals surface area (Å²) in [5.74, 6) is 0.284. The van der Waals surface area contributed by atoms with Crippen molar-refractivity contribution in [3.63, 3.8) is 0 Å². The van der Waals surface area contributed by atoms with Gasteiger partial charge in [0.25, 0.3) is 0 Å². The van der Waals surface area contributed by atoms with Gasteiger partial charge >= 0.3 is 0 Å². The lowest BCUT2D eigenvalue weighted by Crippen LogP contribution is -2.49. The molecule has 92 valence electrons. The number of hydrogen-bond acceptors (Lipinski definition) is 3. The van der Waals surface area contributed by atoms with Crippen LogP contribution in [-0.4, -0.2) is 40.6 Å².